The van der Waals surface area contributed by atoms with E-state index in [1.807, 2.05) is 22.8 Å². The Morgan fingerprint density at radius 3 is 2.48 bits per heavy atom. The average molecular weight is 347 g/mol. The van der Waals surface area contributed by atoms with Gasteiger partial charge in [0.15, 0.2) is 0 Å². The number of likely N-dealkylation sites (tertiary alicyclic amines) is 1. The van der Waals surface area contributed by atoms with E-state index >= 15 is 0 Å². The lowest BCUT2D eigenvalue weighted by Crippen LogP contribution is -2.52. The lowest BCUT2D eigenvalue weighted by atomic mass is 9.82. The summed E-state index contributed by atoms with van der Waals surface area (Å²) in [6.45, 7) is 3.05. The molecule has 1 aliphatic carbocycles. The summed E-state index contributed by atoms with van der Waals surface area (Å²) in [5.41, 5.74) is 1.19. The number of piperidine rings is 1. The topological polar surface area (TPSA) is 79.3 Å². The fraction of sp³-hybridized carbons (Fsp3) is 0.722. The number of carbonyl (C=O) groups is 2. The van der Waals surface area contributed by atoms with E-state index in [1.54, 1.807) is 6.92 Å². The first-order valence-corrected chi connectivity index (χ1v) is 9.35. The maximum Gasteiger partial charge on any atom is 0.315 e. The lowest BCUT2D eigenvalue weighted by molar-refractivity contribution is -0.129. The van der Waals surface area contributed by atoms with Gasteiger partial charge >= 0.3 is 6.03 Å². The number of urea groups is 1. The molecule has 2 aliphatic rings. The fourth-order valence-electron chi connectivity index (χ4n) is 4.14. The van der Waals surface area contributed by atoms with Gasteiger partial charge in [-0.1, -0.05) is 12.8 Å². The van der Waals surface area contributed by atoms with Gasteiger partial charge in [-0.15, -0.1) is 0 Å². The SMILES string of the molecule is CC(=O)N1CCC(NC(=O)N[C@@H]2CCCC[C@@H]2c2ccnn2C)CC1. The third kappa shape index (κ3) is 4.32. The Labute approximate surface area is 149 Å². The molecule has 1 aliphatic heterocycles. The number of hydrogen-bond acceptors (Lipinski definition) is 3. The van der Waals surface area contributed by atoms with Crippen LogP contribution in [0.5, 0.6) is 0 Å². The normalized spacial score (nSPS) is 24.8. The van der Waals surface area contributed by atoms with E-state index in [2.05, 4.69) is 21.8 Å². The van der Waals surface area contributed by atoms with Gasteiger partial charge in [-0.25, -0.2) is 4.79 Å². The number of carbonyl (C=O) groups excluding carboxylic acids is 2. The molecule has 0 spiro atoms. The minimum Gasteiger partial charge on any atom is -0.343 e. The summed E-state index contributed by atoms with van der Waals surface area (Å²) in [6.07, 6.45) is 7.90. The maximum absolute atomic E-state index is 12.5. The van der Waals surface area contributed by atoms with Crippen molar-refractivity contribution in [2.24, 2.45) is 7.05 Å². The van der Waals surface area contributed by atoms with Gasteiger partial charge in [0.1, 0.15) is 0 Å². The molecule has 1 aromatic heterocycles. The molecule has 2 atom stereocenters. The monoisotopic (exact) mass is 347 g/mol. The van der Waals surface area contributed by atoms with Crippen LogP contribution in [0.3, 0.4) is 0 Å². The standard InChI is InChI=1S/C18H29N5O2/c1-13(24)23-11-8-14(9-12-23)20-18(25)21-16-6-4-3-5-15(16)17-7-10-19-22(17)2/h7,10,14-16H,3-6,8-9,11-12H2,1-2H3,(H2,20,21,25)/t15-,16+/m0/s1. The zero-order valence-corrected chi connectivity index (χ0v) is 15.2. The Kier molecular flexibility index (Phi) is 5.60. The van der Waals surface area contributed by atoms with Crippen molar-refractivity contribution in [3.8, 4) is 0 Å². The molecule has 0 radical (unpaired) electrons. The number of aromatic nitrogens is 2. The second kappa shape index (κ2) is 7.89. The predicted molar refractivity (Wildman–Crippen MR) is 95.1 cm³/mol. The molecule has 3 rings (SSSR count). The summed E-state index contributed by atoms with van der Waals surface area (Å²) in [6, 6.07) is 2.27. The number of hydrogen-bond donors (Lipinski definition) is 2. The first-order valence-electron chi connectivity index (χ1n) is 9.35. The molecule has 25 heavy (non-hydrogen) atoms. The molecule has 0 bridgehead atoms. The Balaban J connectivity index is 1.53. The van der Waals surface area contributed by atoms with E-state index in [1.165, 1.54) is 12.1 Å². The van der Waals surface area contributed by atoms with Crippen LogP contribution in [0.15, 0.2) is 12.3 Å². The fourth-order valence-corrected chi connectivity index (χ4v) is 4.14. The van der Waals surface area contributed by atoms with Crippen molar-refractivity contribution in [3.63, 3.8) is 0 Å². The highest BCUT2D eigenvalue weighted by Gasteiger charge is 2.30. The minimum atomic E-state index is -0.0830. The molecule has 7 heteroatoms. The van der Waals surface area contributed by atoms with Crippen LogP contribution in [-0.2, 0) is 11.8 Å². The molecule has 138 valence electrons. The van der Waals surface area contributed by atoms with Crippen molar-refractivity contribution >= 4 is 11.9 Å². The average Bonchev–Trinajstić information content (AvgIpc) is 3.01. The van der Waals surface area contributed by atoms with Gasteiger partial charge in [-0.3, -0.25) is 9.48 Å². The lowest BCUT2D eigenvalue weighted by Gasteiger charge is -2.34. The van der Waals surface area contributed by atoms with Crippen molar-refractivity contribution in [1.29, 1.82) is 0 Å². The Morgan fingerprint density at radius 2 is 1.84 bits per heavy atom. The molecule has 1 saturated carbocycles. The van der Waals surface area contributed by atoms with Gasteiger partial charge in [-0.05, 0) is 31.7 Å². The maximum atomic E-state index is 12.5. The minimum absolute atomic E-state index is 0.0830. The van der Waals surface area contributed by atoms with Crippen molar-refractivity contribution in [1.82, 2.24) is 25.3 Å². The predicted octanol–water partition coefficient (Wildman–Crippen LogP) is 1.76. The second-order valence-corrected chi connectivity index (χ2v) is 7.28. The quantitative estimate of drug-likeness (QED) is 0.874. The van der Waals surface area contributed by atoms with E-state index in [9.17, 15) is 9.59 Å². The molecular formula is C18H29N5O2. The van der Waals surface area contributed by atoms with Crippen molar-refractivity contribution < 1.29 is 9.59 Å². The zero-order valence-electron chi connectivity index (χ0n) is 15.2. The molecule has 2 N–H and O–H groups in total. The van der Waals surface area contributed by atoms with E-state index in [0.717, 1.165) is 45.2 Å². The van der Waals surface area contributed by atoms with Crippen LogP contribution in [0, 0.1) is 0 Å². The Morgan fingerprint density at radius 1 is 1.12 bits per heavy atom. The van der Waals surface area contributed by atoms with Crippen molar-refractivity contribution in [2.75, 3.05) is 13.1 Å². The van der Waals surface area contributed by atoms with Crippen LogP contribution >= 0.6 is 0 Å². The number of nitrogens with zero attached hydrogens (tertiary/aromatic N) is 3. The molecule has 1 saturated heterocycles. The van der Waals surface area contributed by atoms with Gasteiger partial charge in [0.25, 0.3) is 0 Å². The summed E-state index contributed by atoms with van der Waals surface area (Å²) in [5, 5.41) is 10.6. The summed E-state index contributed by atoms with van der Waals surface area (Å²) < 4.78 is 1.92. The zero-order chi connectivity index (χ0) is 17.8. The second-order valence-electron chi connectivity index (χ2n) is 7.28. The molecule has 2 heterocycles. The molecule has 3 amide bonds. The first kappa shape index (κ1) is 17.8. The molecule has 0 aromatic carbocycles. The van der Waals surface area contributed by atoms with Crippen LogP contribution in [0.1, 0.15) is 57.1 Å². The third-order valence-electron chi connectivity index (χ3n) is 5.60. The van der Waals surface area contributed by atoms with Crippen molar-refractivity contribution in [2.45, 2.75) is 63.5 Å². The van der Waals surface area contributed by atoms with Gasteiger partial charge in [0.2, 0.25) is 5.91 Å². The highest BCUT2D eigenvalue weighted by molar-refractivity contribution is 5.75. The number of amides is 3. The largest absolute Gasteiger partial charge is 0.343 e. The third-order valence-corrected chi connectivity index (χ3v) is 5.60. The molecular weight excluding hydrogens is 318 g/mol. The van der Waals surface area contributed by atoms with Crippen LogP contribution in [0.4, 0.5) is 4.79 Å². The molecule has 0 unspecified atom stereocenters. The Bertz CT molecular complexity index is 606. The van der Waals surface area contributed by atoms with Crippen LogP contribution in [0.25, 0.3) is 0 Å². The van der Waals surface area contributed by atoms with Crippen LogP contribution in [-0.4, -0.2) is 51.8 Å². The van der Waals surface area contributed by atoms with Crippen LogP contribution in [0.2, 0.25) is 0 Å². The van der Waals surface area contributed by atoms with Gasteiger partial charge < -0.3 is 15.5 Å². The Hall–Kier alpha value is -2.05. The van der Waals surface area contributed by atoms with Gasteiger partial charge in [0.05, 0.1) is 0 Å². The molecule has 2 fully saturated rings. The van der Waals surface area contributed by atoms with E-state index in [0.29, 0.717) is 5.92 Å². The summed E-state index contributed by atoms with van der Waals surface area (Å²) in [7, 11) is 1.96. The van der Waals surface area contributed by atoms with Gasteiger partial charge in [-0.2, -0.15) is 5.10 Å². The van der Waals surface area contributed by atoms with Crippen molar-refractivity contribution in [3.05, 3.63) is 18.0 Å². The highest BCUT2D eigenvalue weighted by Crippen LogP contribution is 2.32. The summed E-state index contributed by atoms with van der Waals surface area (Å²) in [5.74, 6) is 0.440. The van der Waals surface area contributed by atoms with E-state index in [-0.39, 0.29) is 24.0 Å². The number of aryl methyl sites for hydroxylation is 1. The van der Waals surface area contributed by atoms with Crippen LogP contribution < -0.4 is 10.6 Å². The first-order chi connectivity index (χ1) is 12.0. The van der Waals surface area contributed by atoms with E-state index in [4.69, 9.17) is 0 Å². The summed E-state index contributed by atoms with van der Waals surface area (Å²) in [4.78, 5) is 25.7. The highest BCUT2D eigenvalue weighted by atomic mass is 16.2. The summed E-state index contributed by atoms with van der Waals surface area (Å²) >= 11 is 0. The number of nitrogens with one attached hydrogen (secondary N) is 2. The molecule has 1 aromatic rings. The number of rotatable bonds is 3. The van der Waals surface area contributed by atoms with E-state index < -0.39 is 0 Å². The smallest absolute Gasteiger partial charge is 0.315 e. The van der Waals surface area contributed by atoms with Gasteiger partial charge in [0, 0.05) is 57.0 Å². The molecule has 7 nitrogen and oxygen atoms in total.